The Bertz CT molecular complexity index is 359. The van der Waals surface area contributed by atoms with Gasteiger partial charge in [-0.1, -0.05) is 0 Å². The van der Waals surface area contributed by atoms with Crippen LogP contribution < -0.4 is 25.0 Å². The number of hydrogen-bond acceptors (Lipinski definition) is 1. The quantitative estimate of drug-likeness (QED) is 0.294. The van der Waals surface area contributed by atoms with Crippen molar-refractivity contribution in [1.82, 2.24) is 0 Å². The molecule has 1 aromatic carbocycles. The van der Waals surface area contributed by atoms with Crippen molar-refractivity contribution in [3.8, 4) is 0 Å². The summed E-state index contributed by atoms with van der Waals surface area (Å²) in [5.41, 5.74) is 2.88. The second-order valence-electron chi connectivity index (χ2n) is 3.50. The van der Waals surface area contributed by atoms with Crippen LogP contribution in [0.4, 0.5) is 5.69 Å². The fraction of sp³-hybridized carbons (Fsp3) is 0.273. The number of nitrogens with one attached hydrogen (secondary N) is 1. The van der Waals surface area contributed by atoms with Crippen molar-refractivity contribution in [2.45, 2.75) is 16.3 Å². The van der Waals surface area contributed by atoms with Crippen LogP contribution in [0, 0.1) is 0 Å². The van der Waals surface area contributed by atoms with E-state index in [1.165, 1.54) is 17.7 Å². The Hall–Kier alpha value is -0.510. The fourth-order valence-electron chi connectivity index (χ4n) is 2.04. The monoisotopic (exact) mass is 284 g/mol. The van der Waals surface area contributed by atoms with Crippen molar-refractivity contribution < 1.29 is 21.5 Å². The van der Waals surface area contributed by atoms with Gasteiger partial charge in [-0.05, 0) is 0 Å². The maximum atomic E-state index is 3.60. The van der Waals surface area contributed by atoms with E-state index in [0.717, 1.165) is 9.84 Å². The van der Waals surface area contributed by atoms with Crippen LogP contribution in [-0.4, -0.2) is 3.92 Å². The Labute approximate surface area is 88.8 Å². The standard InChI is InChI=1S/C11H11IN/c1-2-7-11-9(4-1)8-5-3-6-10(8)12-13-11/h1-5,7-8,10,13H,6H2/q-1. The van der Waals surface area contributed by atoms with Gasteiger partial charge in [0.25, 0.3) is 0 Å². The first kappa shape index (κ1) is 7.85. The van der Waals surface area contributed by atoms with Crippen molar-refractivity contribution in [1.29, 1.82) is 0 Å². The molecular formula is C11H11IN-. The summed E-state index contributed by atoms with van der Waals surface area (Å²) in [7, 11) is 0. The van der Waals surface area contributed by atoms with Gasteiger partial charge in [0.05, 0.1) is 0 Å². The maximum absolute atomic E-state index is 3.60. The predicted octanol–water partition coefficient (Wildman–Crippen LogP) is -0.472. The fourth-order valence-corrected chi connectivity index (χ4v) is 4.82. The molecule has 68 valence electrons. The number of halogens is 1. The molecule has 0 bridgehead atoms. The summed E-state index contributed by atoms with van der Waals surface area (Å²) in [6.45, 7) is 0. The van der Waals surface area contributed by atoms with Gasteiger partial charge < -0.3 is 0 Å². The molecule has 0 aromatic heterocycles. The van der Waals surface area contributed by atoms with Crippen molar-refractivity contribution >= 4 is 5.69 Å². The van der Waals surface area contributed by atoms with Gasteiger partial charge in [-0.2, -0.15) is 0 Å². The molecule has 1 aromatic rings. The Kier molecular flexibility index (Phi) is 1.82. The summed E-state index contributed by atoms with van der Waals surface area (Å²) < 4.78 is 4.51. The first-order valence-electron chi connectivity index (χ1n) is 4.59. The van der Waals surface area contributed by atoms with Crippen molar-refractivity contribution in [2.75, 3.05) is 3.53 Å². The van der Waals surface area contributed by atoms with Gasteiger partial charge in [0.1, 0.15) is 0 Å². The molecule has 1 aliphatic carbocycles. The normalized spacial score (nSPS) is 29.8. The van der Waals surface area contributed by atoms with E-state index >= 15 is 0 Å². The molecule has 1 aliphatic heterocycles. The van der Waals surface area contributed by atoms with E-state index in [4.69, 9.17) is 0 Å². The third-order valence-corrected chi connectivity index (χ3v) is 5.69. The molecule has 3 rings (SSSR count). The summed E-state index contributed by atoms with van der Waals surface area (Å²) in [5.74, 6) is 0.727. The van der Waals surface area contributed by atoms with Crippen LogP contribution in [0.15, 0.2) is 36.4 Å². The Balaban J connectivity index is 2.10. The van der Waals surface area contributed by atoms with Gasteiger partial charge in [-0.15, -0.1) is 0 Å². The Morgan fingerprint density at radius 1 is 1.31 bits per heavy atom. The van der Waals surface area contributed by atoms with Gasteiger partial charge >= 0.3 is 88.9 Å². The molecule has 2 unspecified atom stereocenters. The van der Waals surface area contributed by atoms with E-state index in [-0.39, 0.29) is 21.5 Å². The topological polar surface area (TPSA) is 12.0 Å². The summed E-state index contributed by atoms with van der Waals surface area (Å²) in [6.07, 6.45) is 6.03. The number of anilines is 1. The number of rotatable bonds is 0. The number of alkyl halides is 1. The molecule has 1 N–H and O–H groups in total. The molecule has 2 aliphatic rings. The zero-order chi connectivity index (χ0) is 8.67. The molecule has 0 amide bonds. The summed E-state index contributed by atoms with van der Waals surface area (Å²) in [4.78, 5) is 0. The van der Waals surface area contributed by atoms with E-state index in [0.29, 0.717) is 0 Å². The molecule has 0 spiro atoms. The molecule has 0 fully saturated rings. The third-order valence-electron chi connectivity index (χ3n) is 2.71. The van der Waals surface area contributed by atoms with Crippen LogP contribution in [0.1, 0.15) is 17.9 Å². The minimum atomic E-state index is 0.170. The van der Waals surface area contributed by atoms with Crippen LogP contribution in [-0.2, 0) is 0 Å². The number of para-hydroxylation sites is 1. The number of fused-ring (bicyclic) bond motifs is 3. The zero-order valence-corrected chi connectivity index (χ0v) is 9.36. The van der Waals surface area contributed by atoms with Crippen LogP contribution in [0.2, 0.25) is 0 Å². The van der Waals surface area contributed by atoms with Crippen molar-refractivity contribution in [3.05, 3.63) is 42.0 Å². The van der Waals surface area contributed by atoms with Gasteiger partial charge in [-0.3, -0.25) is 0 Å². The average molecular weight is 284 g/mol. The number of benzene rings is 1. The van der Waals surface area contributed by atoms with Crippen molar-refractivity contribution in [2.24, 2.45) is 0 Å². The summed E-state index contributed by atoms with van der Waals surface area (Å²) >= 11 is 0.170. The molecule has 2 heteroatoms. The van der Waals surface area contributed by atoms with Crippen LogP contribution >= 0.6 is 0 Å². The predicted molar refractivity (Wildman–Crippen MR) is 50.4 cm³/mol. The summed E-state index contributed by atoms with van der Waals surface area (Å²) in [6, 6.07) is 8.73. The SMILES string of the molecule is C1=CC2c3ccccc3N[I-]C2C1. The van der Waals surface area contributed by atoms with E-state index < -0.39 is 0 Å². The van der Waals surface area contributed by atoms with Crippen LogP contribution in [0.3, 0.4) is 0 Å². The van der Waals surface area contributed by atoms with E-state index in [1.807, 2.05) is 0 Å². The second-order valence-corrected chi connectivity index (χ2v) is 6.26. The molecule has 0 saturated carbocycles. The average Bonchev–Trinajstić information content (AvgIpc) is 2.65. The molecule has 0 radical (unpaired) electrons. The van der Waals surface area contributed by atoms with Gasteiger partial charge in [0.15, 0.2) is 0 Å². The molecule has 2 atom stereocenters. The van der Waals surface area contributed by atoms with Crippen molar-refractivity contribution in [3.63, 3.8) is 0 Å². The third kappa shape index (κ3) is 1.19. The van der Waals surface area contributed by atoms with Gasteiger partial charge in [-0.25, -0.2) is 0 Å². The number of allylic oxidation sites excluding steroid dienone is 2. The number of hydrogen-bond donors (Lipinski definition) is 1. The molecule has 0 saturated heterocycles. The van der Waals surface area contributed by atoms with Crippen LogP contribution in [0.25, 0.3) is 0 Å². The van der Waals surface area contributed by atoms with Gasteiger partial charge in [0.2, 0.25) is 0 Å². The molecule has 1 heterocycles. The second kappa shape index (κ2) is 3.01. The molecular weight excluding hydrogens is 273 g/mol. The molecule has 13 heavy (non-hydrogen) atoms. The first-order chi connectivity index (χ1) is 6.45. The van der Waals surface area contributed by atoms with E-state index in [9.17, 15) is 0 Å². The minimum absolute atomic E-state index is 0.170. The van der Waals surface area contributed by atoms with Gasteiger partial charge in [0, 0.05) is 0 Å². The first-order valence-corrected chi connectivity index (χ1v) is 6.91. The molecule has 1 nitrogen and oxygen atoms in total. The Morgan fingerprint density at radius 2 is 2.23 bits per heavy atom. The van der Waals surface area contributed by atoms with Crippen LogP contribution in [0.5, 0.6) is 0 Å². The zero-order valence-electron chi connectivity index (χ0n) is 7.20. The van der Waals surface area contributed by atoms with E-state index in [1.54, 1.807) is 0 Å². The summed E-state index contributed by atoms with van der Waals surface area (Å²) in [5, 5.41) is 0. The Morgan fingerprint density at radius 3 is 3.23 bits per heavy atom. The van der Waals surface area contributed by atoms with E-state index in [2.05, 4.69) is 39.9 Å².